The van der Waals surface area contributed by atoms with Gasteiger partial charge >= 0.3 is 0 Å². The number of aryl methyl sites for hydroxylation is 1. The van der Waals surface area contributed by atoms with Crippen LogP contribution in [-0.2, 0) is 15.0 Å². The zero-order valence-corrected chi connectivity index (χ0v) is 17.4. The van der Waals surface area contributed by atoms with E-state index in [4.69, 9.17) is 0 Å². The maximum atomic E-state index is 13.7. The Morgan fingerprint density at radius 3 is 2.53 bits per heavy atom. The van der Waals surface area contributed by atoms with Crippen molar-refractivity contribution in [3.63, 3.8) is 0 Å². The van der Waals surface area contributed by atoms with Gasteiger partial charge in [-0.2, -0.15) is 0 Å². The number of nitrogens with zero attached hydrogens (tertiary/aromatic N) is 2. The first-order valence-electron chi connectivity index (χ1n) is 10.8. The van der Waals surface area contributed by atoms with Gasteiger partial charge in [-0.25, -0.2) is 9.37 Å². The SMILES string of the molecule is Cc1cccc(NC(=O)C2CCCN(C(=O)C3(c4ccc(F)cc4)CCCC3)C2)n1. The molecule has 1 saturated carbocycles. The van der Waals surface area contributed by atoms with Crippen molar-refractivity contribution in [3.8, 4) is 0 Å². The number of piperidine rings is 1. The van der Waals surface area contributed by atoms with E-state index in [2.05, 4.69) is 10.3 Å². The molecule has 0 bridgehead atoms. The monoisotopic (exact) mass is 409 g/mol. The van der Waals surface area contributed by atoms with Crippen LogP contribution in [0.15, 0.2) is 42.5 Å². The van der Waals surface area contributed by atoms with Crippen LogP contribution in [0.3, 0.4) is 0 Å². The average molecular weight is 410 g/mol. The predicted octanol–water partition coefficient (Wildman–Crippen LogP) is 4.22. The second kappa shape index (κ2) is 8.54. The Labute approximate surface area is 176 Å². The van der Waals surface area contributed by atoms with Gasteiger partial charge < -0.3 is 10.2 Å². The molecule has 5 nitrogen and oxygen atoms in total. The van der Waals surface area contributed by atoms with Crippen molar-refractivity contribution in [1.82, 2.24) is 9.88 Å². The standard InChI is InChI=1S/C24H28FN3O2/c1-17-6-4-8-21(26-17)27-22(29)18-7-5-15-28(16-18)23(30)24(13-2-3-14-24)19-9-11-20(25)12-10-19/h4,6,8-12,18H,2-3,5,7,13-16H2,1H3,(H,26,27,29). The molecule has 1 aromatic carbocycles. The van der Waals surface area contributed by atoms with E-state index in [1.807, 2.05) is 24.0 Å². The largest absolute Gasteiger partial charge is 0.341 e. The minimum absolute atomic E-state index is 0.0813. The number of anilines is 1. The second-order valence-corrected chi connectivity index (χ2v) is 8.54. The molecule has 4 rings (SSSR count). The van der Waals surface area contributed by atoms with E-state index in [-0.39, 0.29) is 23.5 Å². The minimum Gasteiger partial charge on any atom is -0.341 e. The lowest BCUT2D eigenvalue weighted by molar-refractivity contribution is -0.140. The lowest BCUT2D eigenvalue weighted by atomic mass is 9.77. The van der Waals surface area contributed by atoms with E-state index in [1.165, 1.54) is 12.1 Å². The molecule has 2 aromatic rings. The highest BCUT2D eigenvalue weighted by Gasteiger charge is 2.46. The Kier molecular flexibility index (Phi) is 5.84. The van der Waals surface area contributed by atoms with Crippen molar-refractivity contribution < 1.29 is 14.0 Å². The number of benzene rings is 1. The molecule has 6 heteroatoms. The fraction of sp³-hybridized carbons (Fsp3) is 0.458. The van der Waals surface area contributed by atoms with Crippen LogP contribution < -0.4 is 5.32 Å². The molecule has 1 atom stereocenters. The van der Waals surface area contributed by atoms with Crippen LogP contribution in [0.2, 0.25) is 0 Å². The number of nitrogens with one attached hydrogen (secondary N) is 1. The molecule has 2 heterocycles. The zero-order valence-electron chi connectivity index (χ0n) is 17.4. The molecule has 0 spiro atoms. The summed E-state index contributed by atoms with van der Waals surface area (Å²) in [4.78, 5) is 32.7. The van der Waals surface area contributed by atoms with Gasteiger partial charge in [0.2, 0.25) is 11.8 Å². The first kappa shape index (κ1) is 20.5. The Hall–Kier alpha value is -2.76. The Balaban J connectivity index is 1.49. The smallest absolute Gasteiger partial charge is 0.233 e. The van der Waals surface area contributed by atoms with Crippen molar-refractivity contribution in [2.45, 2.75) is 50.9 Å². The van der Waals surface area contributed by atoms with Gasteiger partial charge in [0.25, 0.3) is 0 Å². The summed E-state index contributed by atoms with van der Waals surface area (Å²) in [7, 11) is 0. The molecule has 158 valence electrons. The number of hydrogen-bond donors (Lipinski definition) is 1. The molecule has 2 aliphatic rings. The summed E-state index contributed by atoms with van der Waals surface area (Å²) in [6.45, 7) is 2.96. The van der Waals surface area contributed by atoms with Crippen LogP contribution in [-0.4, -0.2) is 34.8 Å². The number of hydrogen-bond acceptors (Lipinski definition) is 3. The first-order chi connectivity index (χ1) is 14.5. The van der Waals surface area contributed by atoms with Crippen molar-refractivity contribution in [1.29, 1.82) is 0 Å². The summed E-state index contributed by atoms with van der Waals surface area (Å²) in [6, 6.07) is 11.9. The van der Waals surface area contributed by atoms with Gasteiger partial charge in [-0.15, -0.1) is 0 Å². The molecule has 0 radical (unpaired) electrons. The Bertz CT molecular complexity index is 922. The third kappa shape index (κ3) is 4.09. The van der Waals surface area contributed by atoms with E-state index in [0.717, 1.165) is 49.8 Å². The number of carbonyl (C=O) groups is 2. The zero-order chi connectivity index (χ0) is 21.1. The van der Waals surface area contributed by atoms with E-state index in [0.29, 0.717) is 18.9 Å². The summed E-state index contributed by atoms with van der Waals surface area (Å²) in [6.07, 6.45) is 5.07. The van der Waals surface area contributed by atoms with Crippen LogP contribution in [0.4, 0.5) is 10.2 Å². The number of carbonyl (C=O) groups excluding carboxylic acids is 2. The third-order valence-corrected chi connectivity index (χ3v) is 6.48. The summed E-state index contributed by atoms with van der Waals surface area (Å²) in [5, 5.41) is 2.90. The topological polar surface area (TPSA) is 62.3 Å². The van der Waals surface area contributed by atoms with Crippen LogP contribution in [0.25, 0.3) is 0 Å². The highest BCUT2D eigenvalue weighted by atomic mass is 19.1. The lowest BCUT2D eigenvalue weighted by Gasteiger charge is -2.39. The number of aromatic nitrogens is 1. The molecule has 2 amide bonds. The molecule has 1 unspecified atom stereocenters. The molecule has 30 heavy (non-hydrogen) atoms. The highest BCUT2D eigenvalue weighted by molar-refractivity contribution is 5.93. The predicted molar refractivity (Wildman–Crippen MR) is 113 cm³/mol. The van der Waals surface area contributed by atoms with Crippen LogP contribution in [0.1, 0.15) is 49.8 Å². The average Bonchev–Trinajstić information content (AvgIpc) is 3.25. The Morgan fingerprint density at radius 1 is 1.10 bits per heavy atom. The fourth-order valence-electron chi connectivity index (χ4n) is 4.89. The molecule has 2 fully saturated rings. The summed E-state index contributed by atoms with van der Waals surface area (Å²) >= 11 is 0. The van der Waals surface area contributed by atoms with Gasteiger partial charge in [-0.05, 0) is 62.4 Å². The number of halogens is 1. The molecular weight excluding hydrogens is 381 g/mol. The van der Waals surface area contributed by atoms with Gasteiger partial charge in [0.15, 0.2) is 0 Å². The Morgan fingerprint density at radius 2 is 1.83 bits per heavy atom. The van der Waals surface area contributed by atoms with E-state index in [9.17, 15) is 14.0 Å². The van der Waals surface area contributed by atoms with E-state index in [1.54, 1.807) is 18.2 Å². The van der Waals surface area contributed by atoms with Gasteiger partial charge in [0, 0.05) is 18.8 Å². The summed E-state index contributed by atoms with van der Waals surface area (Å²) in [5.74, 6) is -0.0110. The first-order valence-corrected chi connectivity index (χ1v) is 10.8. The van der Waals surface area contributed by atoms with Crippen LogP contribution in [0.5, 0.6) is 0 Å². The second-order valence-electron chi connectivity index (χ2n) is 8.54. The highest BCUT2D eigenvalue weighted by Crippen LogP contribution is 2.43. The fourth-order valence-corrected chi connectivity index (χ4v) is 4.89. The number of amides is 2. The normalized spacial score (nSPS) is 20.7. The van der Waals surface area contributed by atoms with E-state index >= 15 is 0 Å². The summed E-state index contributed by atoms with van der Waals surface area (Å²) < 4.78 is 13.5. The number of rotatable bonds is 4. The molecule has 1 aliphatic heterocycles. The van der Waals surface area contributed by atoms with Gasteiger partial charge in [0.1, 0.15) is 11.6 Å². The number of pyridine rings is 1. The molecule has 1 aliphatic carbocycles. The van der Waals surface area contributed by atoms with Gasteiger partial charge in [0.05, 0.1) is 11.3 Å². The minimum atomic E-state index is -0.593. The third-order valence-electron chi connectivity index (χ3n) is 6.48. The molecular formula is C24H28FN3O2. The quantitative estimate of drug-likeness (QED) is 0.823. The van der Waals surface area contributed by atoms with Crippen molar-refractivity contribution in [2.24, 2.45) is 5.92 Å². The van der Waals surface area contributed by atoms with Crippen LogP contribution in [0, 0.1) is 18.7 Å². The van der Waals surface area contributed by atoms with Crippen molar-refractivity contribution in [3.05, 3.63) is 59.5 Å². The van der Waals surface area contributed by atoms with Gasteiger partial charge in [-0.3, -0.25) is 9.59 Å². The molecule has 1 aromatic heterocycles. The van der Waals surface area contributed by atoms with Crippen molar-refractivity contribution in [2.75, 3.05) is 18.4 Å². The van der Waals surface area contributed by atoms with Crippen molar-refractivity contribution >= 4 is 17.6 Å². The van der Waals surface area contributed by atoms with Gasteiger partial charge in [-0.1, -0.05) is 31.0 Å². The lowest BCUT2D eigenvalue weighted by Crippen LogP contribution is -2.51. The maximum absolute atomic E-state index is 13.7. The molecule has 1 N–H and O–H groups in total. The maximum Gasteiger partial charge on any atom is 0.233 e. The number of likely N-dealkylation sites (tertiary alicyclic amines) is 1. The summed E-state index contributed by atoms with van der Waals surface area (Å²) in [5.41, 5.74) is 1.14. The molecule has 1 saturated heterocycles. The van der Waals surface area contributed by atoms with Crippen LogP contribution >= 0.6 is 0 Å². The van der Waals surface area contributed by atoms with E-state index < -0.39 is 5.41 Å².